The van der Waals surface area contributed by atoms with Gasteiger partial charge in [0.15, 0.2) is 0 Å². The quantitative estimate of drug-likeness (QED) is 0.509. The molecule has 0 radical (unpaired) electrons. The van der Waals surface area contributed by atoms with Gasteiger partial charge in [-0.05, 0) is 67.9 Å². The molecule has 19 heavy (non-hydrogen) atoms. The Bertz CT molecular complexity index is 402. The van der Waals surface area contributed by atoms with Crippen LogP contribution in [0.25, 0.3) is 0 Å². The molecule has 104 valence electrons. The van der Waals surface area contributed by atoms with E-state index in [1.165, 1.54) is 50.7 Å². The van der Waals surface area contributed by atoms with Gasteiger partial charge >= 0.3 is 0 Å². The van der Waals surface area contributed by atoms with Crippen molar-refractivity contribution in [3.8, 4) is 0 Å². The minimum Gasteiger partial charge on any atom is -0.494 e. The van der Waals surface area contributed by atoms with Crippen LogP contribution in [0.2, 0.25) is 0 Å². The standard InChI is InChI=1S/C18H26O/c1-2-3-11-19-18-10-6-9-16-12-14-7-4-5-8-15(14)13-17(16)18/h4-6,10,14-16H,2-3,7-9,11-13H2,1H3. The van der Waals surface area contributed by atoms with Crippen LogP contribution in [0, 0.1) is 17.8 Å². The van der Waals surface area contributed by atoms with E-state index in [4.69, 9.17) is 4.74 Å². The Hall–Kier alpha value is -0.980. The van der Waals surface area contributed by atoms with E-state index in [0.717, 1.165) is 24.4 Å². The Kier molecular flexibility index (Phi) is 4.10. The van der Waals surface area contributed by atoms with Crippen molar-refractivity contribution in [2.24, 2.45) is 17.8 Å². The fourth-order valence-corrected chi connectivity index (χ4v) is 3.88. The molecule has 0 aromatic rings. The minimum absolute atomic E-state index is 0.773. The zero-order valence-corrected chi connectivity index (χ0v) is 12.1. The molecule has 3 atom stereocenters. The van der Waals surface area contributed by atoms with Crippen molar-refractivity contribution in [3.63, 3.8) is 0 Å². The lowest BCUT2D eigenvalue weighted by atomic mass is 9.65. The molecule has 0 bridgehead atoms. The lowest BCUT2D eigenvalue weighted by molar-refractivity contribution is 0.180. The summed E-state index contributed by atoms with van der Waals surface area (Å²) in [5, 5.41) is 0. The zero-order chi connectivity index (χ0) is 13.1. The van der Waals surface area contributed by atoms with Crippen molar-refractivity contribution < 1.29 is 4.74 Å². The van der Waals surface area contributed by atoms with Crippen LogP contribution in [0.15, 0.2) is 35.6 Å². The van der Waals surface area contributed by atoms with Gasteiger partial charge in [0.1, 0.15) is 5.76 Å². The molecule has 0 spiro atoms. The highest BCUT2D eigenvalue weighted by Gasteiger charge is 2.35. The second-order valence-electron chi connectivity index (χ2n) is 6.33. The Morgan fingerprint density at radius 2 is 1.95 bits per heavy atom. The monoisotopic (exact) mass is 258 g/mol. The van der Waals surface area contributed by atoms with Crippen LogP contribution in [0.1, 0.15) is 51.9 Å². The third-order valence-electron chi connectivity index (χ3n) is 5.03. The fraction of sp³-hybridized carbons (Fsp3) is 0.667. The number of hydrogen-bond donors (Lipinski definition) is 0. The molecule has 3 unspecified atom stereocenters. The van der Waals surface area contributed by atoms with Crippen LogP contribution in [0.3, 0.4) is 0 Å². The lowest BCUT2D eigenvalue weighted by Crippen LogP contribution is -2.29. The summed E-state index contributed by atoms with van der Waals surface area (Å²) in [6.07, 6.45) is 18.2. The van der Waals surface area contributed by atoms with Gasteiger partial charge < -0.3 is 4.74 Å². The van der Waals surface area contributed by atoms with Crippen LogP contribution in [-0.4, -0.2) is 6.61 Å². The molecular weight excluding hydrogens is 232 g/mol. The van der Waals surface area contributed by atoms with E-state index in [-0.39, 0.29) is 0 Å². The summed E-state index contributed by atoms with van der Waals surface area (Å²) < 4.78 is 6.05. The Morgan fingerprint density at radius 3 is 2.79 bits per heavy atom. The van der Waals surface area contributed by atoms with Gasteiger partial charge in [0.05, 0.1) is 6.61 Å². The van der Waals surface area contributed by atoms with Gasteiger partial charge in [-0.2, -0.15) is 0 Å². The second kappa shape index (κ2) is 5.98. The van der Waals surface area contributed by atoms with Crippen molar-refractivity contribution in [3.05, 3.63) is 35.6 Å². The molecular formula is C18H26O. The van der Waals surface area contributed by atoms with Crippen LogP contribution in [0.4, 0.5) is 0 Å². The van der Waals surface area contributed by atoms with Gasteiger partial charge in [0, 0.05) is 0 Å². The fourth-order valence-electron chi connectivity index (χ4n) is 3.88. The summed E-state index contributed by atoms with van der Waals surface area (Å²) in [6.45, 7) is 3.11. The first-order valence-corrected chi connectivity index (χ1v) is 8.06. The SMILES string of the molecule is CCCCOC1=C2CC3CC=CCC3CC2CC=C1. The molecule has 0 amide bonds. The molecule has 1 fully saturated rings. The highest BCUT2D eigenvalue weighted by molar-refractivity contribution is 5.29. The van der Waals surface area contributed by atoms with Crippen molar-refractivity contribution in [2.45, 2.75) is 51.9 Å². The molecule has 1 saturated carbocycles. The maximum atomic E-state index is 6.05. The molecule has 0 heterocycles. The number of ether oxygens (including phenoxy) is 1. The molecule has 3 rings (SSSR count). The molecule has 3 aliphatic carbocycles. The van der Waals surface area contributed by atoms with Crippen molar-refractivity contribution in [1.82, 2.24) is 0 Å². The predicted octanol–water partition coefficient (Wildman–Crippen LogP) is 5.01. The van der Waals surface area contributed by atoms with Gasteiger partial charge in [-0.15, -0.1) is 0 Å². The van der Waals surface area contributed by atoms with E-state index >= 15 is 0 Å². The molecule has 0 aromatic carbocycles. The van der Waals surface area contributed by atoms with Gasteiger partial charge in [0.2, 0.25) is 0 Å². The van der Waals surface area contributed by atoms with Crippen LogP contribution in [-0.2, 0) is 4.74 Å². The van der Waals surface area contributed by atoms with E-state index in [0.29, 0.717) is 0 Å². The summed E-state index contributed by atoms with van der Waals surface area (Å²) >= 11 is 0. The first-order chi connectivity index (χ1) is 9.38. The number of fused-ring (bicyclic) bond motifs is 2. The van der Waals surface area contributed by atoms with E-state index < -0.39 is 0 Å². The molecule has 3 aliphatic rings. The zero-order valence-electron chi connectivity index (χ0n) is 12.1. The van der Waals surface area contributed by atoms with Gasteiger partial charge in [-0.25, -0.2) is 0 Å². The van der Waals surface area contributed by atoms with E-state index in [2.05, 4.69) is 31.2 Å². The topological polar surface area (TPSA) is 9.23 Å². The summed E-state index contributed by atoms with van der Waals surface area (Å²) in [5.74, 6) is 3.81. The third-order valence-corrected chi connectivity index (χ3v) is 5.03. The second-order valence-corrected chi connectivity index (χ2v) is 6.33. The average molecular weight is 258 g/mol. The predicted molar refractivity (Wildman–Crippen MR) is 79.7 cm³/mol. The van der Waals surface area contributed by atoms with Gasteiger partial charge in [-0.1, -0.05) is 31.6 Å². The van der Waals surface area contributed by atoms with E-state index in [1.54, 1.807) is 5.57 Å². The van der Waals surface area contributed by atoms with Gasteiger partial charge in [0.25, 0.3) is 0 Å². The molecule has 1 nitrogen and oxygen atoms in total. The number of hydrogen-bond acceptors (Lipinski definition) is 1. The molecule has 0 saturated heterocycles. The number of rotatable bonds is 4. The van der Waals surface area contributed by atoms with E-state index in [1.807, 2.05) is 0 Å². The summed E-state index contributed by atoms with van der Waals surface area (Å²) in [7, 11) is 0. The van der Waals surface area contributed by atoms with Crippen molar-refractivity contribution >= 4 is 0 Å². The van der Waals surface area contributed by atoms with Crippen LogP contribution in [0.5, 0.6) is 0 Å². The molecule has 1 heteroatoms. The Balaban J connectivity index is 1.73. The van der Waals surface area contributed by atoms with Gasteiger partial charge in [-0.3, -0.25) is 0 Å². The smallest absolute Gasteiger partial charge is 0.118 e. The lowest BCUT2D eigenvalue weighted by Gasteiger charge is -2.40. The Morgan fingerprint density at radius 1 is 1.11 bits per heavy atom. The van der Waals surface area contributed by atoms with Crippen LogP contribution >= 0.6 is 0 Å². The highest BCUT2D eigenvalue weighted by atomic mass is 16.5. The maximum Gasteiger partial charge on any atom is 0.118 e. The summed E-state index contributed by atoms with van der Waals surface area (Å²) in [4.78, 5) is 0. The highest BCUT2D eigenvalue weighted by Crippen LogP contribution is 2.47. The molecule has 0 aliphatic heterocycles. The van der Waals surface area contributed by atoms with Crippen LogP contribution < -0.4 is 0 Å². The largest absolute Gasteiger partial charge is 0.494 e. The number of allylic oxidation sites excluding steroid dienone is 5. The maximum absolute atomic E-state index is 6.05. The van der Waals surface area contributed by atoms with Crippen molar-refractivity contribution in [1.29, 1.82) is 0 Å². The Labute approximate surface area is 117 Å². The normalized spacial score (nSPS) is 33.0. The van der Waals surface area contributed by atoms with Crippen molar-refractivity contribution in [2.75, 3.05) is 6.61 Å². The first-order valence-electron chi connectivity index (χ1n) is 8.06. The number of unbranched alkanes of at least 4 members (excludes halogenated alkanes) is 1. The summed E-state index contributed by atoms with van der Waals surface area (Å²) in [6, 6.07) is 0. The average Bonchev–Trinajstić information content (AvgIpc) is 2.46. The minimum atomic E-state index is 0.773. The molecule has 0 N–H and O–H groups in total. The van der Waals surface area contributed by atoms with E-state index in [9.17, 15) is 0 Å². The summed E-state index contributed by atoms with van der Waals surface area (Å²) in [5.41, 5.74) is 1.63. The first kappa shape index (κ1) is 13.0. The molecule has 0 aromatic heterocycles. The third kappa shape index (κ3) is 2.80.